The number of rotatable bonds is 6. The molecule has 0 saturated carbocycles. The molecule has 0 amide bonds. The van der Waals surface area contributed by atoms with Crippen LogP contribution in [0.2, 0.25) is 0 Å². The van der Waals surface area contributed by atoms with Gasteiger partial charge in [-0.15, -0.1) is 0 Å². The average Bonchev–Trinajstić information content (AvgIpc) is 2.26. The number of ether oxygens (including phenoxy) is 2. The summed E-state index contributed by atoms with van der Waals surface area (Å²) in [4.78, 5) is 27.8. The predicted octanol–water partition coefficient (Wildman–Crippen LogP) is 2.52. The van der Waals surface area contributed by atoms with E-state index in [0.29, 0.717) is 25.3 Å². The number of ketones is 1. The fourth-order valence-corrected chi connectivity index (χ4v) is 2.41. The molecule has 0 radical (unpaired) electrons. The van der Waals surface area contributed by atoms with E-state index in [4.69, 9.17) is 9.47 Å². The van der Waals surface area contributed by atoms with Gasteiger partial charge in [0.15, 0.2) is 5.90 Å². The minimum Gasteiger partial charge on any atom is -0.477 e. The molecule has 1 heterocycles. The number of carbonyl (C=O) groups is 2. The van der Waals surface area contributed by atoms with Gasteiger partial charge in [0.1, 0.15) is 11.7 Å². The summed E-state index contributed by atoms with van der Waals surface area (Å²) in [5, 5.41) is 0. The van der Waals surface area contributed by atoms with E-state index in [1.807, 2.05) is 20.8 Å². The van der Waals surface area contributed by atoms with E-state index in [0.717, 1.165) is 6.42 Å². The standard InChI is InChI=1S/C15H25NO4/c1-6-19-14(18)12(8-7-10(2)17)13-16-15(4,5)9-11(3)20-13/h11-12H,6-9H2,1-5H3. The molecule has 114 valence electrons. The first-order chi connectivity index (χ1) is 9.25. The minimum atomic E-state index is -0.583. The molecule has 1 aliphatic heterocycles. The number of Topliss-reactive ketones (excluding diaryl/α,β-unsaturated/α-hetero) is 1. The van der Waals surface area contributed by atoms with Crippen molar-refractivity contribution in [3.05, 3.63) is 0 Å². The van der Waals surface area contributed by atoms with E-state index < -0.39 is 5.92 Å². The summed E-state index contributed by atoms with van der Waals surface area (Å²) in [7, 11) is 0. The van der Waals surface area contributed by atoms with Crippen LogP contribution in [0.15, 0.2) is 4.99 Å². The molecule has 0 N–H and O–H groups in total. The Bertz CT molecular complexity index is 401. The molecule has 0 aromatic carbocycles. The lowest BCUT2D eigenvalue weighted by Gasteiger charge is -2.33. The zero-order valence-electron chi connectivity index (χ0n) is 13.1. The van der Waals surface area contributed by atoms with Crippen LogP contribution in [0.25, 0.3) is 0 Å². The molecule has 0 saturated heterocycles. The Morgan fingerprint density at radius 2 is 2.15 bits per heavy atom. The molecule has 2 unspecified atom stereocenters. The maximum atomic E-state index is 12.1. The zero-order valence-corrected chi connectivity index (χ0v) is 13.1. The molecular formula is C15H25NO4. The van der Waals surface area contributed by atoms with Crippen LogP contribution in [0.4, 0.5) is 0 Å². The maximum absolute atomic E-state index is 12.1. The van der Waals surface area contributed by atoms with Crippen LogP contribution in [0.5, 0.6) is 0 Å². The SMILES string of the molecule is CCOC(=O)C(CCC(C)=O)C1=NC(C)(C)CC(C)O1. The lowest BCUT2D eigenvalue weighted by molar-refractivity contribution is -0.146. The fourth-order valence-electron chi connectivity index (χ4n) is 2.41. The van der Waals surface area contributed by atoms with E-state index in [-0.39, 0.29) is 23.4 Å². The Labute approximate surface area is 120 Å². The maximum Gasteiger partial charge on any atom is 0.318 e. The Hall–Kier alpha value is -1.39. The van der Waals surface area contributed by atoms with Crippen LogP contribution >= 0.6 is 0 Å². The third-order valence-corrected chi connectivity index (χ3v) is 3.18. The summed E-state index contributed by atoms with van der Waals surface area (Å²) in [6, 6.07) is 0. The van der Waals surface area contributed by atoms with Crippen molar-refractivity contribution in [2.24, 2.45) is 10.9 Å². The highest BCUT2D eigenvalue weighted by Gasteiger charge is 2.35. The summed E-state index contributed by atoms with van der Waals surface area (Å²) >= 11 is 0. The molecule has 5 nitrogen and oxygen atoms in total. The molecule has 20 heavy (non-hydrogen) atoms. The topological polar surface area (TPSA) is 65.0 Å². The smallest absolute Gasteiger partial charge is 0.318 e. The first-order valence-electron chi connectivity index (χ1n) is 7.17. The van der Waals surface area contributed by atoms with Crippen molar-refractivity contribution in [1.29, 1.82) is 0 Å². The van der Waals surface area contributed by atoms with Crippen LogP contribution < -0.4 is 0 Å². The van der Waals surface area contributed by atoms with Gasteiger partial charge >= 0.3 is 5.97 Å². The fraction of sp³-hybridized carbons (Fsp3) is 0.800. The highest BCUT2D eigenvalue weighted by Crippen LogP contribution is 2.27. The van der Waals surface area contributed by atoms with Crippen LogP contribution in [0, 0.1) is 5.92 Å². The van der Waals surface area contributed by atoms with E-state index in [1.54, 1.807) is 6.92 Å². The molecule has 0 aromatic rings. The third-order valence-electron chi connectivity index (χ3n) is 3.18. The minimum absolute atomic E-state index is 0.00625. The highest BCUT2D eigenvalue weighted by atomic mass is 16.5. The van der Waals surface area contributed by atoms with Gasteiger partial charge in [-0.3, -0.25) is 4.79 Å². The van der Waals surface area contributed by atoms with Gasteiger partial charge in [-0.1, -0.05) is 0 Å². The lowest BCUT2D eigenvalue weighted by Crippen LogP contribution is -2.39. The Morgan fingerprint density at radius 1 is 1.50 bits per heavy atom. The Kier molecular flexibility index (Phi) is 5.72. The molecule has 1 aliphatic rings. The Balaban J connectivity index is 2.93. The Morgan fingerprint density at radius 3 is 2.65 bits per heavy atom. The molecular weight excluding hydrogens is 258 g/mol. The number of esters is 1. The largest absolute Gasteiger partial charge is 0.477 e. The van der Waals surface area contributed by atoms with Gasteiger partial charge in [0.2, 0.25) is 0 Å². The van der Waals surface area contributed by atoms with Crippen molar-refractivity contribution in [2.45, 2.75) is 65.5 Å². The molecule has 0 aromatic heterocycles. The number of nitrogens with zero attached hydrogens (tertiary/aromatic N) is 1. The van der Waals surface area contributed by atoms with E-state index in [1.165, 1.54) is 6.92 Å². The lowest BCUT2D eigenvalue weighted by atomic mass is 9.94. The van der Waals surface area contributed by atoms with Crippen molar-refractivity contribution in [3.63, 3.8) is 0 Å². The van der Waals surface area contributed by atoms with Crippen LogP contribution in [0.3, 0.4) is 0 Å². The zero-order chi connectivity index (χ0) is 15.3. The van der Waals surface area contributed by atoms with Gasteiger partial charge in [0.05, 0.1) is 18.2 Å². The van der Waals surface area contributed by atoms with Gasteiger partial charge in [-0.05, 0) is 41.0 Å². The second-order valence-electron chi connectivity index (χ2n) is 5.94. The molecule has 0 aliphatic carbocycles. The molecule has 0 spiro atoms. The number of hydrogen-bond donors (Lipinski definition) is 0. The molecule has 1 rings (SSSR count). The van der Waals surface area contributed by atoms with Crippen molar-refractivity contribution >= 4 is 17.7 Å². The first-order valence-corrected chi connectivity index (χ1v) is 7.17. The van der Waals surface area contributed by atoms with Crippen molar-refractivity contribution in [2.75, 3.05) is 6.61 Å². The number of aliphatic imine (C=N–C) groups is 1. The summed E-state index contributed by atoms with van der Waals surface area (Å²) in [6.07, 6.45) is 1.52. The van der Waals surface area contributed by atoms with Crippen LogP contribution in [-0.4, -0.2) is 35.9 Å². The predicted molar refractivity (Wildman–Crippen MR) is 76.7 cm³/mol. The van der Waals surface area contributed by atoms with Gasteiger partial charge in [-0.2, -0.15) is 0 Å². The quantitative estimate of drug-likeness (QED) is 0.703. The summed E-state index contributed by atoms with van der Waals surface area (Å²) in [5.41, 5.74) is -0.256. The molecule has 0 bridgehead atoms. The van der Waals surface area contributed by atoms with Crippen LogP contribution in [0.1, 0.15) is 53.9 Å². The highest BCUT2D eigenvalue weighted by molar-refractivity contribution is 5.98. The molecule has 0 fully saturated rings. The van der Waals surface area contributed by atoms with Crippen molar-refractivity contribution < 1.29 is 19.1 Å². The normalized spacial score (nSPS) is 22.4. The van der Waals surface area contributed by atoms with Gasteiger partial charge in [0.25, 0.3) is 0 Å². The van der Waals surface area contributed by atoms with Crippen LogP contribution in [-0.2, 0) is 19.1 Å². The van der Waals surface area contributed by atoms with Gasteiger partial charge in [-0.25, -0.2) is 4.99 Å². The summed E-state index contributed by atoms with van der Waals surface area (Å²) in [6.45, 7) is 9.57. The van der Waals surface area contributed by atoms with E-state index >= 15 is 0 Å². The van der Waals surface area contributed by atoms with Gasteiger partial charge < -0.3 is 14.3 Å². The molecule has 5 heteroatoms. The second kappa shape index (κ2) is 6.86. The summed E-state index contributed by atoms with van der Waals surface area (Å²) < 4.78 is 10.8. The second-order valence-corrected chi connectivity index (χ2v) is 5.94. The summed E-state index contributed by atoms with van der Waals surface area (Å²) in [5.74, 6) is -0.491. The third kappa shape index (κ3) is 4.94. The first kappa shape index (κ1) is 16.7. The van der Waals surface area contributed by atoms with Crippen molar-refractivity contribution in [3.8, 4) is 0 Å². The number of carbonyl (C=O) groups excluding carboxylic acids is 2. The average molecular weight is 283 g/mol. The monoisotopic (exact) mass is 283 g/mol. The van der Waals surface area contributed by atoms with Crippen molar-refractivity contribution in [1.82, 2.24) is 0 Å². The molecule has 2 atom stereocenters. The van der Waals surface area contributed by atoms with E-state index in [2.05, 4.69) is 4.99 Å². The van der Waals surface area contributed by atoms with Gasteiger partial charge in [0, 0.05) is 12.8 Å². The number of hydrogen-bond acceptors (Lipinski definition) is 5. The van der Waals surface area contributed by atoms with E-state index in [9.17, 15) is 9.59 Å².